The number of aromatic nitrogens is 3. The van der Waals surface area contributed by atoms with Gasteiger partial charge in [-0.2, -0.15) is 5.26 Å². The van der Waals surface area contributed by atoms with Crippen molar-refractivity contribution in [1.29, 1.82) is 5.26 Å². The zero-order chi connectivity index (χ0) is 24.4. The lowest BCUT2D eigenvalue weighted by Crippen LogP contribution is -2.34. The molecule has 2 aliphatic rings. The van der Waals surface area contributed by atoms with E-state index in [9.17, 15) is 14.9 Å². The summed E-state index contributed by atoms with van der Waals surface area (Å²) in [4.78, 5) is 32.3. The average Bonchev–Trinajstić information content (AvgIpc) is 2.88. The van der Waals surface area contributed by atoms with E-state index in [0.717, 1.165) is 37.1 Å². The highest BCUT2D eigenvalue weighted by molar-refractivity contribution is 5.84. The van der Waals surface area contributed by atoms with Crippen molar-refractivity contribution in [2.45, 2.75) is 38.3 Å². The predicted octanol–water partition coefficient (Wildman–Crippen LogP) is 2.26. The van der Waals surface area contributed by atoms with Crippen molar-refractivity contribution in [3.05, 3.63) is 52.1 Å². The van der Waals surface area contributed by atoms with Gasteiger partial charge in [0.05, 0.1) is 23.5 Å². The first-order valence-corrected chi connectivity index (χ1v) is 11.7. The van der Waals surface area contributed by atoms with Crippen LogP contribution in [0.15, 0.2) is 35.3 Å². The number of nitriles is 1. The van der Waals surface area contributed by atoms with E-state index in [-0.39, 0.29) is 18.1 Å². The highest BCUT2D eigenvalue weighted by atomic mass is 16.5. The third-order valence-corrected chi connectivity index (χ3v) is 6.64. The highest BCUT2D eigenvalue weighted by Gasteiger charge is 2.23. The molecular formula is C25H26N6O4. The van der Waals surface area contributed by atoms with Gasteiger partial charge in [-0.05, 0) is 49.8 Å². The molecule has 3 aromatic rings. The number of carbonyl (C=O) groups is 1. The first-order valence-electron chi connectivity index (χ1n) is 11.7. The smallest absolute Gasteiger partial charge is 0.332 e. The number of anilines is 1. The van der Waals surface area contributed by atoms with Gasteiger partial charge in [0.2, 0.25) is 5.88 Å². The lowest BCUT2D eigenvalue weighted by molar-refractivity contribution is -0.133. The van der Waals surface area contributed by atoms with Crippen molar-refractivity contribution in [2.75, 3.05) is 18.5 Å². The topological polar surface area (TPSA) is 131 Å². The molecule has 10 heteroatoms. The van der Waals surface area contributed by atoms with E-state index >= 15 is 0 Å². The Morgan fingerprint density at radius 3 is 2.86 bits per heavy atom. The van der Waals surface area contributed by atoms with E-state index < -0.39 is 0 Å². The van der Waals surface area contributed by atoms with Crippen LogP contribution in [0.25, 0.3) is 11.0 Å². The van der Waals surface area contributed by atoms with Gasteiger partial charge in [-0.15, -0.1) is 0 Å². The second-order valence-electron chi connectivity index (χ2n) is 8.97. The third-order valence-electron chi connectivity index (χ3n) is 6.64. The first kappa shape index (κ1) is 22.8. The molecule has 0 aromatic carbocycles. The summed E-state index contributed by atoms with van der Waals surface area (Å²) >= 11 is 0. The average molecular weight is 475 g/mol. The molecule has 4 heterocycles. The molecule has 1 saturated carbocycles. The Bertz CT molecular complexity index is 1370. The lowest BCUT2D eigenvalue weighted by Gasteiger charge is -2.29. The summed E-state index contributed by atoms with van der Waals surface area (Å²) in [7, 11) is 1.66. The number of fused-ring (bicyclic) bond motifs is 2. The van der Waals surface area contributed by atoms with Gasteiger partial charge in [-0.3, -0.25) is 9.78 Å². The van der Waals surface area contributed by atoms with Crippen molar-refractivity contribution in [1.82, 2.24) is 19.9 Å². The van der Waals surface area contributed by atoms with Crippen LogP contribution in [0.1, 0.15) is 36.9 Å². The minimum Gasteiger partial charge on any atom is -0.490 e. The summed E-state index contributed by atoms with van der Waals surface area (Å²) in [5.41, 5.74) is 2.88. The number of hydrogen-bond acceptors (Lipinski definition) is 9. The molecule has 0 spiro atoms. The van der Waals surface area contributed by atoms with Gasteiger partial charge >= 0.3 is 5.97 Å². The van der Waals surface area contributed by atoms with E-state index in [2.05, 4.69) is 26.7 Å². The predicted molar refractivity (Wildman–Crippen MR) is 128 cm³/mol. The molecule has 1 fully saturated rings. The molecule has 0 bridgehead atoms. The van der Waals surface area contributed by atoms with E-state index in [0.29, 0.717) is 53.3 Å². The Balaban J connectivity index is 1.17. The van der Waals surface area contributed by atoms with Crippen molar-refractivity contribution in [3.63, 3.8) is 0 Å². The number of ether oxygens (including phenoxy) is 2. The Labute approximate surface area is 201 Å². The van der Waals surface area contributed by atoms with Gasteiger partial charge in [-0.25, -0.2) is 9.78 Å². The second-order valence-corrected chi connectivity index (χ2v) is 8.97. The van der Waals surface area contributed by atoms with Crippen molar-refractivity contribution < 1.29 is 14.3 Å². The second kappa shape index (κ2) is 9.72. The molecule has 10 nitrogen and oxygen atoms in total. The lowest BCUT2D eigenvalue weighted by atomic mass is 9.86. The third kappa shape index (κ3) is 4.81. The fourth-order valence-electron chi connectivity index (χ4n) is 4.63. The zero-order valence-electron chi connectivity index (χ0n) is 19.4. The number of rotatable bonds is 6. The molecule has 2 N–H and O–H groups in total. The SMILES string of the molecule is Cn1c(=O)ccc2ncc(C#N)c(OC[C@H]3CC[C@H](NCc4ccc5c(n4)OC(=O)CN5)CC3)c21. The molecule has 35 heavy (non-hydrogen) atoms. The largest absolute Gasteiger partial charge is 0.490 e. The first-order chi connectivity index (χ1) is 17.0. The Hall–Kier alpha value is -3.97. The van der Waals surface area contributed by atoms with Crippen molar-refractivity contribution in [2.24, 2.45) is 13.0 Å². The summed E-state index contributed by atoms with van der Waals surface area (Å²) < 4.78 is 12.8. The van der Waals surface area contributed by atoms with Crippen LogP contribution in [0.5, 0.6) is 11.6 Å². The summed E-state index contributed by atoms with van der Waals surface area (Å²) in [6.07, 6.45) is 5.46. The summed E-state index contributed by atoms with van der Waals surface area (Å²) in [6, 6.07) is 9.42. The zero-order valence-corrected chi connectivity index (χ0v) is 19.4. The molecule has 0 radical (unpaired) electrons. The molecule has 1 aliphatic heterocycles. The molecule has 0 amide bonds. The fraction of sp³-hybridized carbons (Fsp3) is 0.400. The molecule has 5 rings (SSSR count). The monoisotopic (exact) mass is 474 g/mol. The number of nitrogens with zero attached hydrogens (tertiary/aromatic N) is 4. The maximum atomic E-state index is 12.1. The Kier molecular flexibility index (Phi) is 6.33. The van der Waals surface area contributed by atoms with Crippen LogP contribution in [-0.2, 0) is 18.4 Å². The van der Waals surface area contributed by atoms with Crippen molar-refractivity contribution in [3.8, 4) is 17.7 Å². The Morgan fingerprint density at radius 2 is 2.06 bits per heavy atom. The number of esters is 1. The van der Waals surface area contributed by atoms with E-state index in [4.69, 9.17) is 9.47 Å². The van der Waals surface area contributed by atoms with Crippen molar-refractivity contribution >= 4 is 22.7 Å². The van der Waals surface area contributed by atoms with Gasteiger partial charge in [0.15, 0.2) is 5.75 Å². The van der Waals surface area contributed by atoms with E-state index in [1.807, 2.05) is 12.1 Å². The summed E-state index contributed by atoms with van der Waals surface area (Å²) in [6.45, 7) is 1.24. The van der Waals surface area contributed by atoms with Gasteiger partial charge < -0.3 is 24.7 Å². The molecular weight excluding hydrogens is 448 g/mol. The van der Waals surface area contributed by atoms with Crippen LogP contribution in [-0.4, -0.2) is 39.7 Å². The minimum atomic E-state index is -0.334. The van der Waals surface area contributed by atoms with E-state index in [1.165, 1.54) is 16.8 Å². The summed E-state index contributed by atoms with van der Waals surface area (Å²) in [5.74, 6) is 0.779. The van der Waals surface area contributed by atoms with Gasteiger partial charge in [0, 0.05) is 31.9 Å². The van der Waals surface area contributed by atoms with Crippen LogP contribution in [0.2, 0.25) is 0 Å². The normalized spacial score (nSPS) is 19.4. The molecule has 0 saturated heterocycles. The maximum absolute atomic E-state index is 12.1. The number of nitrogens with one attached hydrogen (secondary N) is 2. The van der Waals surface area contributed by atoms with Gasteiger partial charge in [0.1, 0.15) is 23.7 Å². The number of aryl methyl sites for hydroxylation is 1. The van der Waals surface area contributed by atoms with E-state index in [1.54, 1.807) is 13.1 Å². The fourth-order valence-corrected chi connectivity index (χ4v) is 4.63. The van der Waals surface area contributed by atoms with Crippen LogP contribution in [0.3, 0.4) is 0 Å². The molecule has 1 aliphatic carbocycles. The highest BCUT2D eigenvalue weighted by Crippen LogP contribution is 2.30. The van der Waals surface area contributed by atoms with Gasteiger partial charge in [-0.1, -0.05) is 0 Å². The maximum Gasteiger partial charge on any atom is 0.332 e. The number of carbonyl (C=O) groups excluding carboxylic acids is 1. The van der Waals surface area contributed by atoms with Crippen LogP contribution < -0.4 is 25.7 Å². The van der Waals surface area contributed by atoms with Crippen LogP contribution in [0.4, 0.5) is 5.69 Å². The Morgan fingerprint density at radius 1 is 1.23 bits per heavy atom. The van der Waals surface area contributed by atoms with Crippen LogP contribution >= 0.6 is 0 Å². The standard InChI is InChI=1S/C25H26N6O4/c1-31-21(32)9-8-19-23(31)24(16(10-26)11-28-19)34-14-15-2-4-17(5-3-15)27-12-18-6-7-20-25(30-18)35-22(33)13-29-20/h6-9,11,15,17,27,29H,2-5,12-14H2,1H3/t15-,17-. The molecule has 0 atom stereocenters. The van der Waals surface area contributed by atoms with Crippen LogP contribution in [0, 0.1) is 17.2 Å². The summed E-state index contributed by atoms with van der Waals surface area (Å²) in [5, 5.41) is 16.1. The number of pyridine rings is 3. The molecule has 0 unspecified atom stereocenters. The molecule has 3 aromatic heterocycles. The minimum absolute atomic E-state index is 0.159. The number of hydrogen-bond donors (Lipinski definition) is 2. The quantitative estimate of drug-likeness (QED) is 0.516. The van der Waals surface area contributed by atoms with Gasteiger partial charge in [0.25, 0.3) is 5.56 Å². The molecule has 180 valence electrons.